The molecule has 2 aromatic rings. The molecule has 25 heavy (non-hydrogen) atoms. The lowest BCUT2D eigenvalue weighted by atomic mass is 9.92. The average Bonchev–Trinajstić information content (AvgIpc) is 3.23. The molecule has 1 amide bonds. The highest BCUT2D eigenvalue weighted by atomic mass is 16.1. The first-order valence-electron chi connectivity index (χ1n) is 9.25. The molecule has 0 atom stereocenters. The minimum Gasteiger partial charge on any atom is -0.311 e. The maximum atomic E-state index is 12.4. The van der Waals surface area contributed by atoms with Gasteiger partial charge in [-0.1, -0.05) is 52.5 Å². The van der Waals surface area contributed by atoms with Gasteiger partial charge >= 0.3 is 0 Å². The third-order valence-electron chi connectivity index (χ3n) is 4.87. The number of rotatable bonds is 5. The summed E-state index contributed by atoms with van der Waals surface area (Å²) in [4.78, 5) is 16.8. The monoisotopic (exact) mass is 340 g/mol. The van der Waals surface area contributed by atoms with E-state index >= 15 is 0 Å². The highest BCUT2D eigenvalue weighted by Gasteiger charge is 2.22. The van der Waals surface area contributed by atoms with Crippen LogP contribution in [0, 0.1) is 5.92 Å². The van der Waals surface area contributed by atoms with Gasteiger partial charge in [0, 0.05) is 24.1 Å². The average molecular weight is 340 g/mol. The molecule has 1 saturated carbocycles. The molecule has 0 saturated heterocycles. The van der Waals surface area contributed by atoms with Gasteiger partial charge in [-0.2, -0.15) is 9.78 Å². The number of pyridine rings is 1. The van der Waals surface area contributed by atoms with Gasteiger partial charge in [-0.15, -0.1) is 0 Å². The lowest BCUT2D eigenvalue weighted by molar-refractivity contribution is -0.116. The molecule has 2 aromatic heterocycles. The number of hydrogen-bond acceptors (Lipinski definition) is 3. The standard InChI is InChI=1S/C20H28N4O/c1-20(2,3)16-14-18(24(23-16)17-10-6-7-13-21-17)22-19(25)12-11-15-8-4-5-9-15/h6-7,10,13-15H,4-5,8-9,11-12H2,1-3H3,(H,22,25). The first-order valence-corrected chi connectivity index (χ1v) is 9.25. The third kappa shape index (κ3) is 4.47. The van der Waals surface area contributed by atoms with E-state index in [1.165, 1.54) is 25.7 Å². The van der Waals surface area contributed by atoms with Crippen LogP contribution in [-0.4, -0.2) is 20.7 Å². The minimum atomic E-state index is -0.0939. The summed E-state index contributed by atoms with van der Waals surface area (Å²) in [6.07, 6.45) is 8.46. The van der Waals surface area contributed by atoms with Crippen LogP contribution < -0.4 is 5.32 Å². The maximum Gasteiger partial charge on any atom is 0.225 e. The van der Waals surface area contributed by atoms with E-state index in [2.05, 4.69) is 36.2 Å². The number of nitrogens with one attached hydrogen (secondary N) is 1. The van der Waals surface area contributed by atoms with Gasteiger partial charge in [-0.3, -0.25) is 4.79 Å². The molecule has 5 heteroatoms. The van der Waals surface area contributed by atoms with Crippen LogP contribution in [0.3, 0.4) is 0 Å². The summed E-state index contributed by atoms with van der Waals surface area (Å²) in [5, 5.41) is 7.73. The molecule has 0 unspecified atom stereocenters. The number of hydrogen-bond donors (Lipinski definition) is 1. The van der Waals surface area contributed by atoms with Crippen molar-refractivity contribution in [3.05, 3.63) is 36.2 Å². The summed E-state index contributed by atoms with van der Waals surface area (Å²) < 4.78 is 1.73. The predicted molar refractivity (Wildman–Crippen MR) is 99.9 cm³/mol. The summed E-state index contributed by atoms with van der Waals surface area (Å²) in [6.45, 7) is 6.34. The highest BCUT2D eigenvalue weighted by Crippen LogP contribution is 2.29. The van der Waals surface area contributed by atoms with Gasteiger partial charge in [0.1, 0.15) is 5.82 Å². The Morgan fingerprint density at radius 1 is 1.28 bits per heavy atom. The Balaban J connectivity index is 1.76. The molecule has 0 aromatic carbocycles. The Hall–Kier alpha value is -2.17. The van der Waals surface area contributed by atoms with Gasteiger partial charge in [0.05, 0.1) is 5.69 Å². The van der Waals surface area contributed by atoms with Gasteiger partial charge in [0.2, 0.25) is 5.91 Å². The number of aromatic nitrogens is 3. The van der Waals surface area contributed by atoms with Crippen LogP contribution in [0.4, 0.5) is 5.82 Å². The minimum absolute atomic E-state index is 0.0597. The zero-order valence-corrected chi connectivity index (χ0v) is 15.5. The number of nitrogens with zero attached hydrogens (tertiary/aromatic N) is 3. The zero-order valence-electron chi connectivity index (χ0n) is 15.5. The summed E-state index contributed by atoms with van der Waals surface area (Å²) in [6, 6.07) is 7.65. The smallest absolute Gasteiger partial charge is 0.225 e. The van der Waals surface area contributed by atoms with Crippen LogP contribution in [0.1, 0.15) is 65.0 Å². The van der Waals surface area contributed by atoms with E-state index in [0.717, 1.165) is 18.0 Å². The number of anilines is 1. The van der Waals surface area contributed by atoms with E-state index in [9.17, 15) is 4.79 Å². The Labute approximate surface area is 149 Å². The molecule has 0 aliphatic heterocycles. The third-order valence-corrected chi connectivity index (χ3v) is 4.87. The van der Waals surface area contributed by atoms with E-state index in [1.807, 2.05) is 24.3 Å². The van der Waals surface area contributed by atoms with Crippen LogP contribution in [0.15, 0.2) is 30.5 Å². The van der Waals surface area contributed by atoms with E-state index in [1.54, 1.807) is 10.9 Å². The van der Waals surface area contributed by atoms with Crippen molar-refractivity contribution in [2.45, 2.75) is 64.7 Å². The second kappa shape index (κ2) is 7.38. The van der Waals surface area contributed by atoms with E-state index in [0.29, 0.717) is 18.1 Å². The SMILES string of the molecule is CC(C)(C)c1cc(NC(=O)CCC2CCCC2)n(-c2ccccn2)n1. The van der Waals surface area contributed by atoms with Crippen LogP contribution in [-0.2, 0) is 10.2 Å². The van der Waals surface area contributed by atoms with Crippen molar-refractivity contribution in [1.29, 1.82) is 0 Å². The number of carbonyl (C=O) groups excluding carboxylic acids is 1. The Kier molecular flexibility index (Phi) is 5.21. The Morgan fingerprint density at radius 3 is 2.68 bits per heavy atom. The first-order chi connectivity index (χ1) is 11.9. The summed E-state index contributed by atoms with van der Waals surface area (Å²) >= 11 is 0. The van der Waals surface area contributed by atoms with Crippen molar-refractivity contribution in [3.8, 4) is 5.82 Å². The van der Waals surface area contributed by atoms with Crippen LogP contribution in [0.25, 0.3) is 5.82 Å². The van der Waals surface area contributed by atoms with Gasteiger partial charge in [-0.25, -0.2) is 4.98 Å². The van der Waals surface area contributed by atoms with Crippen molar-refractivity contribution < 1.29 is 4.79 Å². The summed E-state index contributed by atoms with van der Waals surface area (Å²) in [7, 11) is 0. The van der Waals surface area contributed by atoms with Gasteiger partial charge in [-0.05, 0) is 24.5 Å². The van der Waals surface area contributed by atoms with Crippen molar-refractivity contribution in [2.24, 2.45) is 5.92 Å². The Morgan fingerprint density at radius 2 is 2.04 bits per heavy atom. The quantitative estimate of drug-likeness (QED) is 0.873. The maximum absolute atomic E-state index is 12.4. The fraction of sp³-hybridized carbons (Fsp3) is 0.550. The second-order valence-corrected chi connectivity index (χ2v) is 8.00. The molecule has 1 N–H and O–H groups in total. The van der Waals surface area contributed by atoms with E-state index in [-0.39, 0.29) is 11.3 Å². The summed E-state index contributed by atoms with van der Waals surface area (Å²) in [5.74, 6) is 2.19. The van der Waals surface area contributed by atoms with Gasteiger partial charge in [0.25, 0.3) is 0 Å². The van der Waals surface area contributed by atoms with Gasteiger partial charge in [0.15, 0.2) is 5.82 Å². The lowest BCUT2D eigenvalue weighted by Gasteiger charge is -2.13. The van der Waals surface area contributed by atoms with Crippen molar-refractivity contribution >= 4 is 11.7 Å². The normalized spacial score (nSPS) is 15.5. The topological polar surface area (TPSA) is 59.8 Å². The predicted octanol–water partition coefficient (Wildman–Crippen LogP) is 4.47. The van der Waals surface area contributed by atoms with Crippen LogP contribution in [0.5, 0.6) is 0 Å². The molecular formula is C20H28N4O. The molecule has 2 heterocycles. The lowest BCUT2D eigenvalue weighted by Crippen LogP contribution is -2.16. The fourth-order valence-electron chi connectivity index (χ4n) is 3.33. The number of amides is 1. The molecule has 1 aliphatic rings. The zero-order chi connectivity index (χ0) is 17.9. The number of carbonyl (C=O) groups is 1. The molecular weight excluding hydrogens is 312 g/mol. The molecule has 0 spiro atoms. The van der Waals surface area contributed by atoms with Crippen molar-refractivity contribution in [2.75, 3.05) is 5.32 Å². The summed E-state index contributed by atoms with van der Waals surface area (Å²) in [5.41, 5.74) is 0.841. The van der Waals surface area contributed by atoms with Crippen molar-refractivity contribution in [1.82, 2.24) is 14.8 Å². The van der Waals surface area contributed by atoms with Gasteiger partial charge < -0.3 is 5.32 Å². The molecule has 134 valence electrons. The second-order valence-electron chi connectivity index (χ2n) is 8.00. The van der Waals surface area contributed by atoms with Crippen LogP contribution in [0.2, 0.25) is 0 Å². The first kappa shape index (κ1) is 17.6. The van der Waals surface area contributed by atoms with E-state index < -0.39 is 0 Å². The van der Waals surface area contributed by atoms with Crippen molar-refractivity contribution in [3.63, 3.8) is 0 Å². The van der Waals surface area contributed by atoms with Crippen LogP contribution >= 0.6 is 0 Å². The fourth-order valence-corrected chi connectivity index (χ4v) is 3.33. The Bertz CT molecular complexity index is 709. The molecule has 1 aliphatic carbocycles. The molecule has 0 bridgehead atoms. The largest absolute Gasteiger partial charge is 0.311 e. The highest BCUT2D eigenvalue weighted by molar-refractivity contribution is 5.90. The molecule has 3 rings (SSSR count). The molecule has 0 radical (unpaired) electrons. The van der Waals surface area contributed by atoms with E-state index in [4.69, 9.17) is 0 Å². The molecule has 1 fully saturated rings. The molecule has 5 nitrogen and oxygen atoms in total.